The van der Waals surface area contributed by atoms with E-state index in [0.29, 0.717) is 39.3 Å². The molecule has 5 heteroatoms. The van der Waals surface area contributed by atoms with Crippen LogP contribution in [0.1, 0.15) is 26.2 Å². The Morgan fingerprint density at radius 3 is 2.56 bits per heavy atom. The molecule has 0 aromatic heterocycles. The SMILES string of the molecule is CCC(=O)N1CCC[C@@H](C(=O)N2CCOCC2)C1. The summed E-state index contributed by atoms with van der Waals surface area (Å²) < 4.78 is 5.26. The second-order valence-corrected chi connectivity index (χ2v) is 4.97. The first-order chi connectivity index (χ1) is 8.72. The summed E-state index contributed by atoms with van der Waals surface area (Å²) in [5.41, 5.74) is 0. The molecular formula is C13H22N2O3. The van der Waals surface area contributed by atoms with Crippen molar-refractivity contribution in [2.75, 3.05) is 39.4 Å². The Balaban J connectivity index is 1.91. The van der Waals surface area contributed by atoms with Gasteiger partial charge in [-0.05, 0) is 12.8 Å². The zero-order chi connectivity index (χ0) is 13.0. The molecule has 0 unspecified atom stereocenters. The van der Waals surface area contributed by atoms with Crippen molar-refractivity contribution in [3.05, 3.63) is 0 Å². The highest BCUT2D eigenvalue weighted by Crippen LogP contribution is 2.20. The molecular weight excluding hydrogens is 232 g/mol. The summed E-state index contributed by atoms with van der Waals surface area (Å²) in [6.07, 6.45) is 2.37. The van der Waals surface area contributed by atoms with Crippen molar-refractivity contribution in [1.29, 1.82) is 0 Å². The highest BCUT2D eigenvalue weighted by atomic mass is 16.5. The predicted octanol–water partition coefficient (Wildman–Crippen LogP) is 0.494. The molecule has 2 fully saturated rings. The van der Waals surface area contributed by atoms with Gasteiger partial charge in [0.05, 0.1) is 19.1 Å². The Morgan fingerprint density at radius 1 is 1.17 bits per heavy atom. The monoisotopic (exact) mass is 254 g/mol. The maximum absolute atomic E-state index is 12.3. The van der Waals surface area contributed by atoms with Crippen molar-refractivity contribution in [2.45, 2.75) is 26.2 Å². The van der Waals surface area contributed by atoms with Gasteiger partial charge in [-0.2, -0.15) is 0 Å². The molecule has 0 bridgehead atoms. The van der Waals surface area contributed by atoms with Crippen molar-refractivity contribution < 1.29 is 14.3 Å². The van der Waals surface area contributed by atoms with Crippen molar-refractivity contribution >= 4 is 11.8 Å². The van der Waals surface area contributed by atoms with E-state index in [1.54, 1.807) is 0 Å². The summed E-state index contributed by atoms with van der Waals surface area (Å²) in [5.74, 6) is 0.355. The fourth-order valence-corrected chi connectivity index (χ4v) is 2.67. The lowest BCUT2D eigenvalue weighted by Gasteiger charge is -2.36. The molecule has 2 rings (SSSR count). The average molecular weight is 254 g/mol. The molecule has 2 saturated heterocycles. The first-order valence-corrected chi connectivity index (χ1v) is 6.86. The third-order valence-corrected chi connectivity index (χ3v) is 3.75. The van der Waals surface area contributed by atoms with Crippen LogP contribution < -0.4 is 0 Å². The summed E-state index contributed by atoms with van der Waals surface area (Å²) in [4.78, 5) is 27.8. The summed E-state index contributed by atoms with van der Waals surface area (Å²) in [6, 6.07) is 0. The van der Waals surface area contributed by atoms with Gasteiger partial charge in [0.15, 0.2) is 0 Å². The first kappa shape index (κ1) is 13.3. The minimum Gasteiger partial charge on any atom is -0.378 e. The molecule has 0 spiro atoms. The van der Waals surface area contributed by atoms with Crippen LogP contribution in [0.4, 0.5) is 0 Å². The standard InChI is InChI=1S/C13H22N2O3/c1-2-12(16)15-5-3-4-11(10-15)13(17)14-6-8-18-9-7-14/h11H,2-10H2,1H3/t11-/m1/s1. The fraction of sp³-hybridized carbons (Fsp3) is 0.846. The number of nitrogens with zero attached hydrogens (tertiary/aromatic N) is 2. The van der Waals surface area contributed by atoms with Gasteiger partial charge in [0.25, 0.3) is 0 Å². The fourth-order valence-electron chi connectivity index (χ4n) is 2.67. The van der Waals surface area contributed by atoms with E-state index < -0.39 is 0 Å². The second kappa shape index (κ2) is 6.18. The van der Waals surface area contributed by atoms with E-state index in [4.69, 9.17) is 4.74 Å². The van der Waals surface area contributed by atoms with Crippen molar-refractivity contribution in [2.24, 2.45) is 5.92 Å². The van der Waals surface area contributed by atoms with E-state index in [-0.39, 0.29) is 17.7 Å². The van der Waals surface area contributed by atoms with E-state index in [1.165, 1.54) is 0 Å². The molecule has 18 heavy (non-hydrogen) atoms. The van der Waals surface area contributed by atoms with Gasteiger partial charge in [0, 0.05) is 32.6 Å². The lowest BCUT2D eigenvalue weighted by Crippen LogP contribution is -2.49. The second-order valence-electron chi connectivity index (χ2n) is 4.97. The summed E-state index contributed by atoms with van der Waals surface area (Å²) in [7, 11) is 0. The van der Waals surface area contributed by atoms with Gasteiger partial charge in [-0.1, -0.05) is 6.92 Å². The number of ether oxygens (including phenoxy) is 1. The Morgan fingerprint density at radius 2 is 1.89 bits per heavy atom. The lowest BCUT2D eigenvalue weighted by molar-refractivity contribution is -0.143. The predicted molar refractivity (Wildman–Crippen MR) is 67.0 cm³/mol. The molecule has 0 aliphatic carbocycles. The molecule has 0 saturated carbocycles. The number of likely N-dealkylation sites (tertiary alicyclic amines) is 1. The van der Waals surface area contributed by atoms with Crippen molar-refractivity contribution in [1.82, 2.24) is 9.80 Å². The molecule has 0 radical (unpaired) electrons. The number of carbonyl (C=O) groups is 2. The van der Waals surface area contributed by atoms with Crippen LogP contribution in [-0.2, 0) is 14.3 Å². The van der Waals surface area contributed by atoms with Gasteiger partial charge in [-0.15, -0.1) is 0 Å². The Hall–Kier alpha value is -1.10. The Bertz CT molecular complexity index is 313. The van der Waals surface area contributed by atoms with Gasteiger partial charge in [0.2, 0.25) is 11.8 Å². The molecule has 2 aliphatic rings. The Kier molecular flexibility index (Phi) is 4.58. The number of hydrogen-bond donors (Lipinski definition) is 0. The molecule has 2 amide bonds. The minimum atomic E-state index is -0.00708. The third-order valence-electron chi connectivity index (χ3n) is 3.75. The molecule has 0 aromatic rings. The van der Waals surface area contributed by atoms with Crippen LogP contribution in [0.3, 0.4) is 0 Å². The van der Waals surface area contributed by atoms with E-state index >= 15 is 0 Å². The Labute approximate surface area is 108 Å². The average Bonchev–Trinajstić information content (AvgIpc) is 2.46. The maximum Gasteiger partial charge on any atom is 0.227 e. The summed E-state index contributed by atoms with van der Waals surface area (Å²) in [6.45, 7) is 5.93. The molecule has 102 valence electrons. The summed E-state index contributed by atoms with van der Waals surface area (Å²) in [5, 5.41) is 0. The van der Waals surface area contributed by atoms with E-state index in [2.05, 4.69) is 0 Å². The smallest absolute Gasteiger partial charge is 0.227 e. The molecule has 0 aromatic carbocycles. The highest BCUT2D eigenvalue weighted by molar-refractivity contribution is 5.81. The number of morpholine rings is 1. The quantitative estimate of drug-likeness (QED) is 0.721. The van der Waals surface area contributed by atoms with Gasteiger partial charge >= 0.3 is 0 Å². The molecule has 2 aliphatic heterocycles. The van der Waals surface area contributed by atoms with E-state index in [0.717, 1.165) is 19.4 Å². The minimum absolute atomic E-state index is 0.00708. The van der Waals surface area contributed by atoms with E-state index in [1.807, 2.05) is 16.7 Å². The molecule has 1 atom stereocenters. The third kappa shape index (κ3) is 3.02. The van der Waals surface area contributed by atoms with Gasteiger partial charge in [0.1, 0.15) is 0 Å². The van der Waals surface area contributed by atoms with Crippen LogP contribution in [0, 0.1) is 5.92 Å². The first-order valence-electron chi connectivity index (χ1n) is 6.86. The van der Waals surface area contributed by atoms with Crippen LogP contribution >= 0.6 is 0 Å². The zero-order valence-electron chi connectivity index (χ0n) is 11.1. The lowest BCUT2D eigenvalue weighted by atomic mass is 9.96. The summed E-state index contributed by atoms with van der Waals surface area (Å²) >= 11 is 0. The van der Waals surface area contributed by atoms with E-state index in [9.17, 15) is 9.59 Å². The number of amides is 2. The topological polar surface area (TPSA) is 49.9 Å². The number of rotatable bonds is 2. The zero-order valence-corrected chi connectivity index (χ0v) is 11.1. The molecule has 5 nitrogen and oxygen atoms in total. The van der Waals surface area contributed by atoms with Crippen LogP contribution in [0.5, 0.6) is 0 Å². The van der Waals surface area contributed by atoms with Crippen molar-refractivity contribution in [3.8, 4) is 0 Å². The van der Waals surface area contributed by atoms with Gasteiger partial charge in [-0.3, -0.25) is 9.59 Å². The molecule has 0 N–H and O–H groups in total. The number of hydrogen-bond acceptors (Lipinski definition) is 3. The van der Waals surface area contributed by atoms with Crippen LogP contribution in [0.2, 0.25) is 0 Å². The number of piperidine rings is 1. The highest BCUT2D eigenvalue weighted by Gasteiger charge is 2.31. The largest absolute Gasteiger partial charge is 0.378 e. The molecule has 2 heterocycles. The van der Waals surface area contributed by atoms with Crippen molar-refractivity contribution in [3.63, 3.8) is 0 Å². The van der Waals surface area contributed by atoms with Gasteiger partial charge < -0.3 is 14.5 Å². The van der Waals surface area contributed by atoms with Gasteiger partial charge in [-0.25, -0.2) is 0 Å². The van der Waals surface area contributed by atoms with Crippen LogP contribution in [0.25, 0.3) is 0 Å². The van der Waals surface area contributed by atoms with Crippen LogP contribution in [0.15, 0.2) is 0 Å². The van der Waals surface area contributed by atoms with Crippen LogP contribution in [-0.4, -0.2) is 61.0 Å². The normalized spacial score (nSPS) is 25.1. The number of carbonyl (C=O) groups excluding carboxylic acids is 2. The maximum atomic E-state index is 12.3.